The van der Waals surface area contributed by atoms with E-state index in [0.29, 0.717) is 0 Å². The Kier molecular flexibility index (Phi) is 8.25. The summed E-state index contributed by atoms with van der Waals surface area (Å²) in [6, 6.07) is 5.88. The van der Waals surface area contributed by atoms with Crippen LogP contribution in [0.5, 0.6) is 0 Å². The molecule has 1 aromatic carbocycles. The molecule has 0 radical (unpaired) electrons. The maximum Gasteiger partial charge on any atom is 0.243 e. The smallest absolute Gasteiger partial charge is 0.243 e. The van der Waals surface area contributed by atoms with Crippen LogP contribution in [-0.2, 0) is 14.4 Å². The molecule has 0 unspecified atom stereocenters. The van der Waals surface area contributed by atoms with Crippen molar-refractivity contribution in [1.82, 2.24) is 15.1 Å². The lowest BCUT2D eigenvalue weighted by atomic mass is 10.1. The minimum atomic E-state index is -0.255. The molecule has 0 aliphatic heterocycles. The third kappa shape index (κ3) is 7.65. The third-order valence-corrected chi connectivity index (χ3v) is 3.74. The van der Waals surface area contributed by atoms with Crippen LogP contribution in [-0.4, -0.2) is 67.3 Å². The van der Waals surface area contributed by atoms with Gasteiger partial charge >= 0.3 is 0 Å². The minimum Gasteiger partial charge on any atom is -0.353 e. The van der Waals surface area contributed by atoms with Gasteiger partial charge in [0.2, 0.25) is 17.7 Å². The van der Waals surface area contributed by atoms with Crippen molar-refractivity contribution in [1.29, 1.82) is 0 Å². The maximum absolute atomic E-state index is 12.2. The van der Waals surface area contributed by atoms with Crippen LogP contribution in [0.15, 0.2) is 18.2 Å². The first-order valence-electron chi connectivity index (χ1n) is 8.67. The minimum absolute atomic E-state index is 0.0434. The Balaban J connectivity index is 2.49. The molecule has 26 heavy (non-hydrogen) atoms. The number of nitrogens with one attached hydrogen (secondary N) is 2. The van der Waals surface area contributed by atoms with Crippen molar-refractivity contribution in [2.75, 3.05) is 39.0 Å². The highest BCUT2D eigenvalue weighted by molar-refractivity contribution is 5.95. The van der Waals surface area contributed by atoms with Gasteiger partial charge < -0.3 is 15.5 Å². The monoisotopic (exact) mass is 362 g/mol. The first kappa shape index (κ1) is 21.6. The number of rotatable bonds is 8. The van der Waals surface area contributed by atoms with E-state index >= 15 is 0 Å². The van der Waals surface area contributed by atoms with Gasteiger partial charge in [-0.05, 0) is 51.9 Å². The van der Waals surface area contributed by atoms with Crippen molar-refractivity contribution in [3.05, 3.63) is 29.3 Å². The zero-order chi connectivity index (χ0) is 19.9. The molecule has 0 saturated heterocycles. The molecule has 0 spiro atoms. The van der Waals surface area contributed by atoms with Crippen molar-refractivity contribution in [2.45, 2.75) is 33.7 Å². The summed E-state index contributed by atoms with van der Waals surface area (Å²) in [6.07, 6.45) is 0. The number of benzene rings is 1. The van der Waals surface area contributed by atoms with Crippen LogP contribution in [0, 0.1) is 13.8 Å². The maximum atomic E-state index is 12.2. The molecule has 0 fully saturated rings. The number of amides is 3. The molecule has 0 bridgehead atoms. The third-order valence-electron chi connectivity index (χ3n) is 3.74. The van der Waals surface area contributed by atoms with Crippen molar-refractivity contribution < 1.29 is 14.4 Å². The highest BCUT2D eigenvalue weighted by Gasteiger charge is 2.17. The van der Waals surface area contributed by atoms with Gasteiger partial charge in [0.25, 0.3) is 0 Å². The Labute approximate surface area is 155 Å². The van der Waals surface area contributed by atoms with Gasteiger partial charge in [0, 0.05) is 18.8 Å². The number of nitrogens with zero attached hydrogens (tertiary/aromatic N) is 2. The Bertz CT molecular complexity index is 658. The standard InChI is InChI=1S/C19H30N4O3/c1-13(2)20-17(24)10-22(5)12-19(26)23(6)11-18(25)21-16-9-14(3)7-8-15(16)4/h7-9,13H,10-12H2,1-6H3,(H,20,24)(H,21,25). The van der Waals surface area contributed by atoms with E-state index in [1.807, 2.05) is 45.9 Å². The second-order valence-corrected chi connectivity index (χ2v) is 7.01. The summed E-state index contributed by atoms with van der Waals surface area (Å²) in [5, 5.41) is 5.61. The number of carbonyl (C=O) groups excluding carboxylic acids is 3. The van der Waals surface area contributed by atoms with Gasteiger partial charge in [-0.25, -0.2) is 0 Å². The Morgan fingerprint density at radius 2 is 1.65 bits per heavy atom. The van der Waals surface area contributed by atoms with Crippen LogP contribution in [0.3, 0.4) is 0 Å². The van der Waals surface area contributed by atoms with Crippen LogP contribution in [0.1, 0.15) is 25.0 Å². The van der Waals surface area contributed by atoms with Crippen molar-refractivity contribution >= 4 is 23.4 Å². The van der Waals surface area contributed by atoms with E-state index in [-0.39, 0.29) is 43.4 Å². The second kappa shape index (κ2) is 9.91. The van der Waals surface area contributed by atoms with E-state index in [2.05, 4.69) is 10.6 Å². The SMILES string of the molecule is Cc1ccc(C)c(NC(=O)CN(C)C(=O)CN(C)CC(=O)NC(C)C)c1. The molecule has 0 aliphatic carbocycles. The fourth-order valence-corrected chi connectivity index (χ4v) is 2.38. The predicted molar refractivity (Wildman–Crippen MR) is 103 cm³/mol. The van der Waals surface area contributed by atoms with E-state index in [1.165, 1.54) is 4.90 Å². The van der Waals surface area contributed by atoms with Gasteiger partial charge in [-0.15, -0.1) is 0 Å². The Morgan fingerprint density at radius 1 is 1.00 bits per heavy atom. The van der Waals surface area contributed by atoms with Crippen LogP contribution in [0.25, 0.3) is 0 Å². The lowest BCUT2D eigenvalue weighted by Crippen LogP contribution is -2.44. The van der Waals surface area contributed by atoms with E-state index in [1.54, 1.807) is 19.0 Å². The zero-order valence-electron chi connectivity index (χ0n) is 16.5. The zero-order valence-corrected chi connectivity index (χ0v) is 16.5. The number of carbonyl (C=O) groups is 3. The summed E-state index contributed by atoms with van der Waals surface area (Å²) < 4.78 is 0. The van der Waals surface area contributed by atoms with Crippen LogP contribution in [0.4, 0.5) is 5.69 Å². The lowest BCUT2D eigenvalue weighted by molar-refractivity contribution is -0.134. The summed E-state index contributed by atoms with van der Waals surface area (Å²) >= 11 is 0. The van der Waals surface area contributed by atoms with Crippen LogP contribution >= 0.6 is 0 Å². The molecule has 144 valence electrons. The van der Waals surface area contributed by atoms with Gasteiger partial charge in [-0.3, -0.25) is 19.3 Å². The Morgan fingerprint density at radius 3 is 2.27 bits per heavy atom. The molecule has 0 aliphatic rings. The first-order chi connectivity index (χ1) is 12.1. The summed E-state index contributed by atoms with van der Waals surface area (Å²) in [5.74, 6) is -0.610. The summed E-state index contributed by atoms with van der Waals surface area (Å²) in [7, 11) is 3.27. The molecule has 0 saturated carbocycles. The van der Waals surface area contributed by atoms with Crippen molar-refractivity contribution in [3.8, 4) is 0 Å². The molecule has 7 nitrogen and oxygen atoms in total. The average molecular weight is 362 g/mol. The summed E-state index contributed by atoms with van der Waals surface area (Å²) in [5.41, 5.74) is 2.77. The molecular weight excluding hydrogens is 332 g/mol. The molecule has 1 rings (SSSR count). The predicted octanol–water partition coefficient (Wildman–Crippen LogP) is 1.16. The summed E-state index contributed by atoms with van der Waals surface area (Å²) in [6.45, 7) is 7.79. The highest BCUT2D eigenvalue weighted by atomic mass is 16.2. The van der Waals surface area contributed by atoms with Gasteiger partial charge in [0.05, 0.1) is 19.6 Å². The number of aryl methyl sites for hydroxylation is 2. The number of hydrogen-bond acceptors (Lipinski definition) is 4. The van der Waals surface area contributed by atoms with Gasteiger partial charge in [0.1, 0.15) is 0 Å². The topological polar surface area (TPSA) is 81.8 Å². The molecule has 0 heterocycles. The average Bonchev–Trinajstić information content (AvgIpc) is 2.49. The largest absolute Gasteiger partial charge is 0.353 e. The molecule has 7 heteroatoms. The van der Waals surface area contributed by atoms with Crippen LogP contribution < -0.4 is 10.6 Å². The summed E-state index contributed by atoms with van der Waals surface area (Å²) in [4.78, 5) is 39.1. The van der Waals surface area contributed by atoms with E-state index < -0.39 is 0 Å². The van der Waals surface area contributed by atoms with E-state index in [4.69, 9.17) is 0 Å². The normalized spacial score (nSPS) is 10.8. The first-order valence-corrected chi connectivity index (χ1v) is 8.67. The fourth-order valence-electron chi connectivity index (χ4n) is 2.38. The number of likely N-dealkylation sites (N-methyl/N-ethyl adjacent to an activating group) is 2. The number of hydrogen-bond donors (Lipinski definition) is 2. The van der Waals surface area contributed by atoms with E-state index in [0.717, 1.165) is 16.8 Å². The van der Waals surface area contributed by atoms with Crippen LogP contribution in [0.2, 0.25) is 0 Å². The van der Waals surface area contributed by atoms with Gasteiger partial charge in [-0.1, -0.05) is 12.1 Å². The highest BCUT2D eigenvalue weighted by Crippen LogP contribution is 2.16. The Hall–Kier alpha value is -2.41. The van der Waals surface area contributed by atoms with Crippen molar-refractivity contribution in [3.63, 3.8) is 0 Å². The van der Waals surface area contributed by atoms with Gasteiger partial charge in [-0.2, -0.15) is 0 Å². The fraction of sp³-hybridized carbons (Fsp3) is 0.526. The molecule has 1 aromatic rings. The second-order valence-electron chi connectivity index (χ2n) is 7.01. The lowest BCUT2D eigenvalue weighted by Gasteiger charge is -2.22. The van der Waals surface area contributed by atoms with Gasteiger partial charge in [0.15, 0.2) is 0 Å². The quantitative estimate of drug-likeness (QED) is 0.727. The molecule has 0 atom stereocenters. The number of anilines is 1. The molecule has 3 amide bonds. The molecular formula is C19H30N4O3. The van der Waals surface area contributed by atoms with E-state index in [9.17, 15) is 14.4 Å². The molecule has 2 N–H and O–H groups in total. The van der Waals surface area contributed by atoms with Crippen molar-refractivity contribution in [2.24, 2.45) is 0 Å². The molecule has 0 aromatic heterocycles.